The SMILES string of the molecule is N/C(C#CCCc1nnc(N)s1)=C\c1cc[nH]c1N. The van der Waals surface area contributed by atoms with Crippen LogP contribution in [-0.2, 0) is 6.42 Å². The standard InChI is InChI=1S/C12H14N6S/c13-9(7-8-5-6-16-11(8)14)3-1-2-4-10-17-18-12(15)19-10/h5-7,16H,2,4,13-14H2,(H2,15,18)/b9-7-. The van der Waals surface area contributed by atoms with Gasteiger partial charge in [-0.25, -0.2) is 0 Å². The number of hydrogen-bond donors (Lipinski definition) is 4. The highest BCUT2D eigenvalue weighted by atomic mass is 32.1. The summed E-state index contributed by atoms with van der Waals surface area (Å²) in [6.45, 7) is 0. The first kappa shape index (κ1) is 13.0. The fraction of sp³-hybridized carbons (Fsp3) is 0.167. The Kier molecular flexibility index (Phi) is 4.05. The highest BCUT2D eigenvalue weighted by Gasteiger charge is 1.99. The molecule has 0 aliphatic heterocycles. The molecular formula is C12H14N6S. The Hall–Kier alpha value is -2.46. The normalized spacial score (nSPS) is 11.1. The van der Waals surface area contributed by atoms with E-state index >= 15 is 0 Å². The number of nitrogens with two attached hydrogens (primary N) is 3. The minimum Gasteiger partial charge on any atom is -0.392 e. The van der Waals surface area contributed by atoms with Crippen LogP contribution in [0.4, 0.5) is 10.9 Å². The summed E-state index contributed by atoms with van der Waals surface area (Å²) < 4.78 is 0. The van der Waals surface area contributed by atoms with E-state index in [-0.39, 0.29) is 0 Å². The summed E-state index contributed by atoms with van der Waals surface area (Å²) in [6.07, 6.45) is 4.87. The number of anilines is 2. The Bertz CT molecular complexity index is 642. The fourth-order valence-electron chi connectivity index (χ4n) is 1.43. The van der Waals surface area contributed by atoms with Gasteiger partial charge in [0.25, 0.3) is 0 Å². The number of hydrogen-bond acceptors (Lipinski definition) is 6. The molecule has 0 aliphatic rings. The van der Waals surface area contributed by atoms with E-state index in [1.807, 2.05) is 6.07 Å². The molecule has 2 aromatic heterocycles. The monoisotopic (exact) mass is 274 g/mol. The van der Waals surface area contributed by atoms with Gasteiger partial charge in [-0.3, -0.25) is 0 Å². The van der Waals surface area contributed by atoms with Crippen molar-refractivity contribution in [2.24, 2.45) is 5.73 Å². The van der Waals surface area contributed by atoms with E-state index in [9.17, 15) is 0 Å². The van der Waals surface area contributed by atoms with Gasteiger partial charge in [-0.2, -0.15) is 0 Å². The van der Waals surface area contributed by atoms with E-state index in [0.717, 1.165) is 17.0 Å². The maximum absolute atomic E-state index is 5.79. The first-order valence-corrected chi connectivity index (χ1v) is 6.43. The van der Waals surface area contributed by atoms with Gasteiger partial charge < -0.3 is 22.2 Å². The highest BCUT2D eigenvalue weighted by Crippen LogP contribution is 2.13. The molecule has 7 N–H and O–H groups in total. The number of aromatic nitrogens is 3. The number of allylic oxidation sites excluding steroid dienone is 1. The van der Waals surface area contributed by atoms with Crippen LogP contribution in [0.1, 0.15) is 17.0 Å². The lowest BCUT2D eigenvalue weighted by atomic mass is 10.2. The lowest BCUT2D eigenvalue weighted by Gasteiger charge is -1.92. The summed E-state index contributed by atoms with van der Waals surface area (Å²) in [4.78, 5) is 2.87. The first-order chi connectivity index (χ1) is 9.15. The van der Waals surface area contributed by atoms with E-state index in [2.05, 4.69) is 27.0 Å². The molecule has 0 aliphatic carbocycles. The van der Waals surface area contributed by atoms with Crippen molar-refractivity contribution >= 4 is 28.4 Å². The van der Waals surface area contributed by atoms with Gasteiger partial charge in [0, 0.05) is 24.6 Å². The van der Waals surface area contributed by atoms with Crippen LogP contribution in [0.2, 0.25) is 0 Å². The fourth-order valence-corrected chi connectivity index (χ4v) is 2.03. The van der Waals surface area contributed by atoms with Crippen molar-refractivity contribution in [2.45, 2.75) is 12.8 Å². The average Bonchev–Trinajstić information content (AvgIpc) is 2.95. The van der Waals surface area contributed by atoms with Crippen LogP contribution in [-0.4, -0.2) is 15.2 Å². The van der Waals surface area contributed by atoms with Crippen LogP contribution in [0.15, 0.2) is 18.0 Å². The van der Waals surface area contributed by atoms with Crippen molar-refractivity contribution in [3.63, 3.8) is 0 Å². The molecule has 7 heteroatoms. The Morgan fingerprint density at radius 3 is 2.89 bits per heavy atom. The van der Waals surface area contributed by atoms with Crippen molar-refractivity contribution in [3.8, 4) is 11.8 Å². The molecule has 2 rings (SSSR count). The molecule has 0 bridgehead atoms. The summed E-state index contributed by atoms with van der Waals surface area (Å²) in [7, 11) is 0. The Morgan fingerprint density at radius 2 is 2.26 bits per heavy atom. The molecule has 0 spiro atoms. The zero-order chi connectivity index (χ0) is 13.7. The third-order valence-electron chi connectivity index (χ3n) is 2.30. The lowest BCUT2D eigenvalue weighted by molar-refractivity contribution is 0.942. The number of aromatic amines is 1. The van der Waals surface area contributed by atoms with Crippen LogP contribution in [0.25, 0.3) is 6.08 Å². The number of nitrogens with one attached hydrogen (secondary N) is 1. The molecule has 0 aromatic carbocycles. The van der Waals surface area contributed by atoms with Gasteiger partial charge in [0.15, 0.2) is 0 Å². The quantitative estimate of drug-likeness (QED) is 0.622. The second kappa shape index (κ2) is 5.93. The van der Waals surface area contributed by atoms with Crippen LogP contribution in [0, 0.1) is 11.8 Å². The van der Waals surface area contributed by atoms with Crippen LogP contribution >= 0.6 is 11.3 Å². The molecule has 0 saturated heterocycles. The molecule has 98 valence electrons. The molecule has 0 atom stereocenters. The summed E-state index contributed by atoms with van der Waals surface area (Å²) in [6, 6.07) is 1.84. The van der Waals surface area contributed by atoms with Crippen molar-refractivity contribution in [3.05, 3.63) is 28.5 Å². The van der Waals surface area contributed by atoms with Gasteiger partial charge in [-0.1, -0.05) is 17.3 Å². The first-order valence-electron chi connectivity index (χ1n) is 5.62. The Labute approximate surface area is 114 Å². The van der Waals surface area contributed by atoms with Crippen molar-refractivity contribution < 1.29 is 0 Å². The lowest BCUT2D eigenvalue weighted by Crippen LogP contribution is -1.94. The number of aryl methyl sites for hydroxylation is 1. The Morgan fingerprint density at radius 1 is 1.42 bits per heavy atom. The molecule has 6 nitrogen and oxygen atoms in total. The predicted octanol–water partition coefficient (Wildman–Crippen LogP) is 0.966. The van der Waals surface area contributed by atoms with Gasteiger partial charge in [-0.05, 0) is 18.1 Å². The van der Waals surface area contributed by atoms with Crippen molar-refractivity contribution in [1.82, 2.24) is 15.2 Å². The molecule has 0 unspecified atom stereocenters. The largest absolute Gasteiger partial charge is 0.392 e. The molecule has 2 heterocycles. The third kappa shape index (κ3) is 3.76. The average molecular weight is 274 g/mol. The number of H-pyrrole nitrogens is 1. The smallest absolute Gasteiger partial charge is 0.203 e. The van der Waals surface area contributed by atoms with Crippen molar-refractivity contribution in [1.29, 1.82) is 0 Å². The van der Waals surface area contributed by atoms with E-state index in [1.54, 1.807) is 12.3 Å². The van der Waals surface area contributed by atoms with E-state index < -0.39 is 0 Å². The molecule has 2 aromatic rings. The van der Waals surface area contributed by atoms with Gasteiger partial charge in [-0.15, -0.1) is 10.2 Å². The van der Waals surface area contributed by atoms with Crippen LogP contribution in [0.3, 0.4) is 0 Å². The summed E-state index contributed by atoms with van der Waals surface area (Å²) >= 11 is 1.37. The maximum atomic E-state index is 5.79. The van der Waals surface area contributed by atoms with Crippen LogP contribution < -0.4 is 17.2 Å². The van der Waals surface area contributed by atoms with Crippen LogP contribution in [0.5, 0.6) is 0 Å². The molecule has 19 heavy (non-hydrogen) atoms. The number of nitrogens with zero attached hydrogens (tertiary/aromatic N) is 2. The maximum Gasteiger partial charge on any atom is 0.203 e. The van der Waals surface area contributed by atoms with Crippen molar-refractivity contribution in [2.75, 3.05) is 11.5 Å². The second-order valence-electron chi connectivity index (χ2n) is 3.78. The minimum absolute atomic E-state index is 0.475. The molecule has 0 amide bonds. The van der Waals surface area contributed by atoms with Gasteiger partial charge in [0.05, 0.1) is 5.70 Å². The molecule has 0 saturated carbocycles. The molecule has 0 radical (unpaired) electrons. The summed E-state index contributed by atoms with van der Waals surface area (Å²) in [5.41, 5.74) is 18.3. The Balaban J connectivity index is 1.89. The van der Waals surface area contributed by atoms with E-state index in [1.165, 1.54) is 11.3 Å². The number of rotatable bonds is 3. The minimum atomic E-state index is 0.475. The topological polar surface area (TPSA) is 120 Å². The summed E-state index contributed by atoms with van der Waals surface area (Å²) in [5.74, 6) is 6.43. The predicted molar refractivity (Wildman–Crippen MR) is 77.8 cm³/mol. The molecular weight excluding hydrogens is 260 g/mol. The number of nitrogen functional groups attached to an aromatic ring is 2. The molecule has 0 fully saturated rings. The zero-order valence-electron chi connectivity index (χ0n) is 10.2. The van der Waals surface area contributed by atoms with E-state index in [0.29, 0.717) is 23.1 Å². The van der Waals surface area contributed by atoms with Gasteiger partial charge >= 0.3 is 0 Å². The third-order valence-corrected chi connectivity index (χ3v) is 3.11. The highest BCUT2D eigenvalue weighted by molar-refractivity contribution is 7.15. The summed E-state index contributed by atoms with van der Waals surface area (Å²) in [5, 5.41) is 9.00. The second-order valence-corrected chi connectivity index (χ2v) is 4.88. The van der Waals surface area contributed by atoms with E-state index in [4.69, 9.17) is 17.2 Å². The zero-order valence-corrected chi connectivity index (χ0v) is 11.0. The van der Waals surface area contributed by atoms with Gasteiger partial charge in [0.2, 0.25) is 5.13 Å². The van der Waals surface area contributed by atoms with Gasteiger partial charge in [0.1, 0.15) is 10.8 Å².